The van der Waals surface area contributed by atoms with Crippen molar-refractivity contribution in [2.75, 3.05) is 14.2 Å². The second kappa shape index (κ2) is 10.2. The highest BCUT2D eigenvalue weighted by Gasteiger charge is 2.12. The van der Waals surface area contributed by atoms with Crippen LogP contribution in [0.15, 0.2) is 60.7 Å². The van der Waals surface area contributed by atoms with Gasteiger partial charge in [-0.2, -0.15) is 0 Å². The molecule has 0 aromatic heterocycles. The molecule has 0 atom stereocenters. The topological polar surface area (TPSA) is 39.7 Å². The van der Waals surface area contributed by atoms with Gasteiger partial charge < -0.3 is 19.5 Å². The van der Waals surface area contributed by atoms with E-state index in [1.165, 1.54) is 11.1 Å². The van der Waals surface area contributed by atoms with Crippen LogP contribution in [-0.4, -0.2) is 14.2 Å². The molecule has 0 aliphatic heterocycles. The molecule has 3 aromatic rings. The van der Waals surface area contributed by atoms with Crippen LogP contribution in [0, 0.1) is 6.92 Å². The van der Waals surface area contributed by atoms with Crippen molar-refractivity contribution < 1.29 is 14.2 Å². The van der Waals surface area contributed by atoms with Crippen LogP contribution in [0.1, 0.15) is 22.3 Å². The number of hydrogen-bond donors (Lipinski definition) is 1. The Labute approximate surface area is 177 Å². The molecule has 3 rings (SSSR count). The van der Waals surface area contributed by atoms with Gasteiger partial charge >= 0.3 is 0 Å². The summed E-state index contributed by atoms with van der Waals surface area (Å²) in [5, 5.41) is 3.96. The second-order valence-electron chi connectivity index (χ2n) is 6.83. The zero-order valence-corrected chi connectivity index (χ0v) is 17.8. The number of aryl methyl sites for hydroxylation is 1. The molecule has 0 radical (unpaired) electrons. The second-order valence-corrected chi connectivity index (χ2v) is 7.24. The van der Waals surface area contributed by atoms with Crippen molar-refractivity contribution in [2.45, 2.75) is 26.6 Å². The monoisotopic (exact) mass is 411 g/mol. The first kappa shape index (κ1) is 21.0. The van der Waals surface area contributed by atoms with E-state index in [1.54, 1.807) is 14.2 Å². The molecular weight excluding hydrogens is 386 g/mol. The molecule has 1 N–H and O–H groups in total. The van der Waals surface area contributed by atoms with E-state index in [-0.39, 0.29) is 0 Å². The van der Waals surface area contributed by atoms with Crippen molar-refractivity contribution >= 4 is 11.6 Å². The van der Waals surface area contributed by atoms with Gasteiger partial charge in [-0.15, -0.1) is 0 Å². The van der Waals surface area contributed by atoms with Crippen molar-refractivity contribution in [3.05, 3.63) is 87.9 Å². The van der Waals surface area contributed by atoms with Crippen LogP contribution in [0.5, 0.6) is 17.2 Å². The minimum Gasteiger partial charge on any atom is -0.497 e. The largest absolute Gasteiger partial charge is 0.497 e. The number of rotatable bonds is 9. The Bertz CT molecular complexity index is 924. The standard InChI is InChI=1S/C24H26ClNO3/c1-17-4-6-19(7-5-17)16-29-24-22(25)12-20(13-23(24)28-3)15-26-14-18-8-10-21(27-2)11-9-18/h4-13,26H,14-16H2,1-3H3. The molecule has 0 spiro atoms. The molecule has 0 saturated carbocycles. The number of methoxy groups -OCH3 is 2. The Morgan fingerprint density at radius 2 is 1.45 bits per heavy atom. The van der Waals surface area contributed by atoms with E-state index in [2.05, 4.69) is 24.4 Å². The van der Waals surface area contributed by atoms with Crippen molar-refractivity contribution in [2.24, 2.45) is 0 Å². The fourth-order valence-electron chi connectivity index (χ4n) is 2.95. The van der Waals surface area contributed by atoms with Crippen LogP contribution in [0.4, 0.5) is 0 Å². The van der Waals surface area contributed by atoms with Crippen molar-refractivity contribution in [1.29, 1.82) is 0 Å². The summed E-state index contributed by atoms with van der Waals surface area (Å²) >= 11 is 6.49. The Balaban J connectivity index is 1.61. The highest BCUT2D eigenvalue weighted by molar-refractivity contribution is 6.32. The number of nitrogens with one attached hydrogen (secondary N) is 1. The van der Waals surface area contributed by atoms with Gasteiger partial charge in [0.2, 0.25) is 0 Å². The molecule has 4 nitrogen and oxygen atoms in total. The minimum atomic E-state index is 0.436. The first-order chi connectivity index (χ1) is 14.1. The Morgan fingerprint density at radius 1 is 0.793 bits per heavy atom. The number of benzene rings is 3. The lowest BCUT2D eigenvalue weighted by molar-refractivity contribution is 0.284. The average molecular weight is 412 g/mol. The summed E-state index contributed by atoms with van der Waals surface area (Å²) in [6, 6.07) is 20.1. The molecule has 5 heteroatoms. The first-order valence-electron chi connectivity index (χ1n) is 9.47. The predicted molar refractivity (Wildman–Crippen MR) is 117 cm³/mol. The van der Waals surface area contributed by atoms with Crippen molar-refractivity contribution in [3.8, 4) is 17.2 Å². The van der Waals surface area contributed by atoms with E-state index in [1.807, 2.05) is 48.5 Å². The Morgan fingerprint density at radius 3 is 2.10 bits per heavy atom. The zero-order valence-electron chi connectivity index (χ0n) is 17.0. The van der Waals surface area contributed by atoms with Gasteiger partial charge in [0.05, 0.1) is 19.2 Å². The fraction of sp³-hybridized carbons (Fsp3) is 0.250. The molecule has 152 valence electrons. The van der Waals surface area contributed by atoms with Crippen molar-refractivity contribution in [1.82, 2.24) is 5.32 Å². The summed E-state index contributed by atoms with van der Waals surface area (Å²) in [5.41, 5.74) is 4.51. The summed E-state index contributed by atoms with van der Waals surface area (Å²) in [7, 11) is 3.29. The van der Waals surface area contributed by atoms with E-state index in [0.29, 0.717) is 29.7 Å². The number of hydrogen-bond acceptors (Lipinski definition) is 4. The number of halogens is 1. The SMILES string of the molecule is COc1ccc(CNCc2cc(Cl)c(OCc3ccc(C)cc3)c(OC)c2)cc1. The van der Waals surface area contributed by atoms with Crippen LogP contribution in [0.2, 0.25) is 5.02 Å². The molecular formula is C24H26ClNO3. The summed E-state index contributed by atoms with van der Waals surface area (Å²) in [4.78, 5) is 0. The molecule has 29 heavy (non-hydrogen) atoms. The van der Waals surface area contributed by atoms with Crippen LogP contribution in [-0.2, 0) is 19.7 Å². The third-order valence-electron chi connectivity index (χ3n) is 4.61. The third kappa shape index (κ3) is 5.89. The quantitative estimate of drug-likeness (QED) is 0.502. The fourth-order valence-corrected chi connectivity index (χ4v) is 3.24. The van der Waals surface area contributed by atoms with Gasteiger partial charge in [-0.1, -0.05) is 53.6 Å². The summed E-state index contributed by atoms with van der Waals surface area (Å²) in [5.74, 6) is 2.05. The van der Waals surface area contributed by atoms with Gasteiger partial charge in [-0.25, -0.2) is 0 Å². The number of ether oxygens (including phenoxy) is 3. The highest BCUT2D eigenvalue weighted by atomic mass is 35.5. The van der Waals surface area contributed by atoms with E-state index >= 15 is 0 Å². The van der Waals surface area contributed by atoms with Crippen LogP contribution in [0.3, 0.4) is 0 Å². The molecule has 0 heterocycles. The van der Waals surface area contributed by atoms with Gasteiger partial charge in [0.15, 0.2) is 11.5 Å². The molecule has 0 fully saturated rings. The first-order valence-corrected chi connectivity index (χ1v) is 9.85. The van der Waals surface area contributed by atoms with Crippen LogP contribution >= 0.6 is 11.6 Å². The third-order valence-corrected chi connectivity index (χ3v) is 4.89. The molecule has 0 bridgehead atoms. The van der Waals surface area contributed by atoms with Gasteiger partial charge in [0.25, 0.3) is 0 Å². The van der Waals surface area contributed by atoms with Gasteiger partial charge in [-0.3, -0.25) is 0 Å². The Kier molecular flexibility index (Phi) is 7.39. The van der Waals surface area contributed by atoms with E-state index in [9.17, 15) is 0 Å². The van der Waals surface area contributed by atoms with Crippen LogP contribution in [0.25, 0.3) is 0 Å². The van der Waals surface area contributed by atoms with Gasteiger partial charge in [-0.05, 0) is 47.9 Å². The molecule has 0 aliphatic rings. The normalized spacial score (nSPS) is 10.6. The Hall–Kier alpha value is -2.69. The van der Waals surface area contributed by atoms with Crippen LogP contribution < -0.4 is 19.5 Å². The maximum Gasteiger partial charge on any atom is 0.180 e. The predicted octanol–water partition coefficient (Wildman–Crippen LogP) is 5.53. The zero-order chi connectivity index (χ0) is 20.6. The lowest BCUT2D eigenvalue weighted by Crippen LogP contribution is -2.13. The lowest BCUT2D eigenvalue weighted by atomic mass is 10.1. The van der Waals surface area contributed by atoms with E-state index < -0.39 is 0 Å². The van der Waals surface area contributed by atoms with Gasteiger partial charge in [0, 0.05) is 13.1 Å². The maximum absolute atomic E-state index is 6.49. The summed E-state index contributed by atoms with van der Waals surface area (Å²) in [6.45, 7) is 3.91. The summed E-state index contributed by atoms with van der Waals surface area (Å²) < 4.78 is 16.6. The maximum atomic E-state index is 6.49. The molecule has 3 aromatic carbocycles. The van der Waals surface area contributed by atoms with Gasteiger partial charge in [0.1, 0.15) is 12.4 Å². The molecule has 0 amide bonds. The summed E-state index contributed by atoms with van der Waals surface area (Å²) in [6.07, 6.45) is 0. The highest BCUT2D eigenvalue weighted by Crippen LogP contribution is 2.37. The molecule has 0 unspecified atom stereocenters. The van der Waals surface area contributed by atoms with E-state index in [4.69, 9.17) is 25.8 Å². The van der Waals surface area contributed by atoms with Crippen molar-refractivity contribution in [3.63, 3.8) is 0 Å². The van der Waals surface area contributed by atoms with E-state index in [0.717, 1.165) is 23.4 Å². The lowest BCUT2D eigenvalue weighted by Gasteiger charge is -2.15. The molecule has 0 aliphatic carbocycles. The molecule has 0 saturated heterocycles. The minimum absolute atomic E-state index is 0.436. The average Bonchev–Trinajstić information content (AvgIpc) is 2.74. The smallest absolute Gasteiger partial charge is 0.180 e.